The molecule has 3 heteroatoms. The summed E-state index contributed by atoms with van der Waals surface area (Å²) in [7, 11) is 0. The van der Waals surface area contributed by atoms with E-state index < -0.39 is 0 Å². The van der Waals surface area contributed by atoms with E-state index in [1.165, 1.54) is 12.8 Å². The summed E-state index contributed by atoms with van der Waals surface area (Å²) < 4.78 is 5.80. The number of nitrogens with zero attached hydrogens (tertiary/aromatic N) is 1. The Balaban J connectivity index is 1.93. The minimum Gasteiger partial charge on any atom is -0.393 e. The minimum atomic E-state index is -0.109. The first-order valence-corrected chi connectivity index (χ1v) is 8.31. The molecule has 0 bridgehead atoms. The summed E-state index contributed by atoms with van der Waals surface area (Å²) in [4.78, 5) is 2.50. The molecule has 0 aromatic carbocycles. The maximum Gasteiger partial charge on any atom is 0.0678 e. The van der Waals surface area contributed by atoms with E-state index in [4.69, 9.17) is 4.74 Å². The van der Waals surface area contributed by atoms with Crippen LogP contribution in [0.25, 0.3) is 0 Å². The van der Waals surface area contributed by atoms with Gasteiger partial charge in [0.05, 0.1) is 18.3 Å². The Morgan fingerprint density at radius 1 is 1.10 bits per heavy atom. The van der Waals surface area contributed by atoms with Crippen molar-refractivity contribution in [3.8, 4) is 0 Å². The standard InChI is InChI=1S/C17H33NO2/c1-12-9-18(10-13(2)20-12)11-14-8-15(17(3,4)5)6-7-16(14)19/h12-16,19H,6-11H2,1-5H3/t12-,13+,14?,15?,16?. The fourth-order valence-electron chi connectivity index (χ4n) is 4.00. The second-order valence-corrected chi connectivity index (χ2v) is 8.18. The molecule has 118 valence electrons. The second kappa shape index (κ2) is 6.33. The van der Waals surface area contributed by atoms with E-state index in [1.807, 2.05) is 0 Å². The van der Waals surface area contributed by atoms with Crippen molar-refractivity contribution >= 4 is 0 Å². The molecule has 1 N–H and O–H groups in total. The lowest BCUT2D eigenvalue weighted by molar-refractivity contribution is -0.0825. The van der Waals surface area contributed by atoms with Gasteiger partial charge in [0.1, 0.15) is 0 Å². The molecule has 20 heavy (non-hydrogen) atoms. The SMILES string of the molecule is C[C@@H]1CN(CC2CC(C(C)(C)C)CCC2O)C[C@H](C)O1. The topological polar surface area (TPSA) is 32.7 Å². The van der Waals surface area contributed by atoms with Crippen LogP contribution in [0.5, 0.6) is 0 Å². The number of hydrogen-bond acceptors (Lipinski definition) is 3. The molecule has 2 rings (SSSR count). The predicted octanol–water partition coefficient (Wildman–Crippen LogP) is 2.92. The molecule has 0 aromatic heterocycles. The van der Waals surface area contributed by atoms with Gasteiger partial charge in [-0.05, 0) is 50.4 Å². The normalized spacial score (nSPS) is 40.8. The van der Waals surface area contributed by atoms with Crippen molar-refractivity contribution < 1.29 is 9.84 Å². The molecular formula is C17H33NO2. The fourth-order valence-corrected chi connectivity index (χ4v) is 4.00. The van der Waals surface area contributed by atoms with Gasteiger partial charge in [0.2, 0.25) is 0 Å². The smallest absolute Gasteiger partial charge is 0.0678 e. The highest BCUT2D eigenvalue weighted by Crippen LogP contribution is 2.40. The molecule has 1 saturated carbocycles. The van der Waals surface area contributed by atoms with E-state index in [-0.39, 0.29) is 6.10 Å². The van der Waals surface area contributed by atoms with Crippen LogP contribution in [0.4, 0.5) is 0 Å². The summed E-state index contributed by atoms with van der Waals surface area (Å²) in [6.45, 7) is 14.4. The van der Waals surface area contributed by atoms with Crippen LogP contribution in [0.2, 0.25) is 0 Å². The molecule has 3 nitrogen and oxygen atoms in total. The monoisotopic (exact) mass is 283 g/mol. The predicted molar refractivity (Wildman–Crippen MR) is 82.7 cm³/mol. The number of rotatable bonds is 2. The Hall–Kier alpha value is -0.120. The molecule has 0 spiro atoms. The number of hydrogen-bond donors (Lipinski definition) is 1. The first kappa shape index (κ1) is 16.3. The van der Waals surface area contributed by atoms with Crippen molar-refractivity contribution in [1.82, 2.24) is 4.90 Å². The fraction of sp³-hybridized carbons (Fsp3) is 1.00. The molecule has 1 aliphatic heterocycles. The number of ether oxygens (including phenoxy) is 1. The first-order chi connectivity index (χ1) is 9.25. The Morgan fingerprint density at radius 2 is 1.70 bits per heavy atom. The van der Waals surface area contributed by atoms with E-state index in [0.29, 0.717) is 23.5 Å². The molecule has 2 aliphatic rings. The lowest BCUT2D eigenvalue weighted by Crippen LogP contribution is -2.49. The lowest BCUT2D eigenvalue weighted by Gasteiger charge is -2.43. The van der Waals surface area contributed by atoms with Gasteiger partial charge in [-0.2, -0.15) is 0 Å². The molecule has 0 aromatic rings. The van der Waals surface area contributed by atoms with E-state index >= 15 is 0 Å². The summed E-state index contributed by atoms with van der Waals surface area (Å²) in [6.07, 6.45) is 3.85. The Labute approximate surface area is 124 Å². The largest absolute Gasteiger partial charge is 0.393 e. The van der Waals surface area contributed by atoms with Gasteiger partial charge >= 0.3 is 0 Å². The summed E-state index contributed by atoms with van der Waals surface area (Å²) in [5, 5.41) is 10.4. The zero-order chi connectivity index (χ0) is 14.9. The third-order valence-electron chi connectivity index (χ3n) is 5.15. The molecule has 2 fully saturated rings. The maximum atomic E-state index is 10.4. The Kier molecular flexibility index (Phi) is 5.14. The number of morpholine rings is 1. The number of aliphatic hydroxyl groups excluding tert-OH is 1. The van der Waals surface area contributed by atoms with Gasteiger partial charge in [-0.15, -0.1) is 0 Å². The first-order valence-electron chi connectivity index (χ1n) is 8.31. The van der Waals surface area contributed by atoms with Crippen molar-refractivity contribution in [2.75, 3.05) is 19.6 Å². The third-order valence-corrected chi connectivity index (χ3v) is 5.15. The highest BCUT2D eigenvalue weighted by molar-refractivity contribution is 4.88. The van der Waals surface area contributed by atoms with E-state index in [0.717, 1.165) is 32.0 Å². The van der Waals surface area contributed by atoms with Crippen molar-refractivity contribution in [3.05, 3.63) is 0 Å². The van der Waals surface area contributed by atoms with Crippen molar-refractivity contribution in [2.45, 2.75) is 72.2 Å². The Bertz CT molecular complexity index is 303. The van der Waals surface area contributed by atoms with Gasteiger partial charge < -0.3 is 9.84 Å². The average Bonchev–Trinajstić information content (AvgIpc) is 2.29. The number of aliphatic hydroxyl groups is 1. The summed E-state index contributed by atoms with van der Waals surface area (Å²) in [5.41, 5.74) is 0.365. The molecule has 0 amide bonds. The van der Waals surface area contributed by atoms with Crippen molar-refractivity contribution in [1.29, 1.82) is 0 Å². The quantitative estimate of drug-likeness (QED) is 0.846. The zero-order valence-corrected chi connectivity index (χ0v) is 13.9. The highest BCUT2D eigenvalue weighted by atomic mass is 16.5. The van der Waals surface area contributed by atoms with Crippen molar-refractivity contribution in [2.24, 2.45) is 17.3 Å². The molecule has 0 radical (unpaired) electrons. The average molecular weight is 283 g/mol. The minimum absolute atomic E-state index is 0.109. The molecular weight excluding hydrogens is 250 g/mol. The van der Waals surface area contributed by atoms with Gasteiger partial charge in [-0.25, -0.2) is 0 Å². The summed E-state index contributed by atoms with van der Waals surface area (Å²) >= 11 is 0. The van der Waals surface area contributed by atoms with Crippen LogP contribution in [0.1, 0.15) is 53.9 Å². The summed E-state index contributed by atoms with van der Waals surface area (Å²) in [6, 6.07) is 0. The van der Waals surface area contributed by atoms with Gasteiger partial charge in [-0.1, -0.05) is 20.8 Å². The van der Waals surface area contributed by atoms with E-state index in [1.54, 1.807) is 0 Å². The van der Waals surface area contributed by atoms with Crippen LogP contribution in [-0.2, 0) is 4.74 Å². The van der Waals surface area contributed by atoms with Gasteiger partial charge in [0.25, 0.3) is 0 Å². The second-order valence-electron chi connectivity index (χ2n) is 8.18. The third kappa shape index (κ3) is 4.19. The molecule has 1 aliphatic carbocycles. The molecule has 1 saturated heterocycles. The van der Waals surface area contributed by atoms with E-state index in [9.17, 15) is 5.11 Å². The van der Waals surface area contributed by atoms with Crippen LogP contribution in [0.15, 0.2) is 0 Å². The lowest BCUT2D eigenvalue weighted by atomic mass is 9.68. The molecule has 5 atom stereocenters. The van der Waals surface area contributed by atoms with Crippen LogP contribution in [0.3, 0.4) is 0 Å². The van der Waals surface area contributed by atoms with Crippen LogP contribution >= 0.6 is 0 Å². The van der Waals surface area contributed by atoms with Crippen LogP contribution in [0, 0.1) is 17.3 Å². The molecule has 1 heterocycles. The summed E-state index contributed by atoms with van der Waals surface area (Å²) in [5.74, 6) is 1.18. The molecule has 3 unspecified atom stereocenters. The van der Waals surface area contributed by atoms with Crippen molar-refractivity contribution in [3.63, 3.8) is 0 Å². The maximum absolute atomic E-state index is 10.4. The van der Waals surface area contributed by atoms with Gasteiger partial charge in [-0.3, -0.25) is 4.90 Å². The van der Waals surface area contributed by atoms with Crippen LogP contribution < -0.4 is 0 Å². The van der Waals surface area contributed by atoms with Gasteiger partial charge in [0.15, 0.2) is 0 Å². The van der Waals surface area contributed by atoms with Gasteiger partial charge in [0, 0.05) is 19.6 Å². The van der Waals surface area contributed by atoms with Crippen LogP contribution in [-0.4, -0.2) is 48.0 Å². The van der Waals surface area contributed by atoms with E-state index in [2.05, 4.69) is 39.5 Å². The highest BCUT2D eigenvalue weighted by Gasteiger charge is 2.36. The Morgan fingerprint density at radius 3 is 2.25 bits per heavy atom. The zero-order valence-electron chi connectivity index (χ0n) is 13.9.